The highest BCUT2D eigenvalue weighted by atomic mass is 35.5. The van der Waals surface area contributed by atoms with Crippen LogP contribution in [0.15, 0.2) is 30.3 Å². The van der Waals surface area contributed by atoms with Crippen LogP contribution >= 0.6 is 23.2 Å². The Labute approximate surface area is 123 Å². The molecule has 0 aliphatic rings. The molecule has 20 heavy (non-hydrogen) atoms. The van der Waals surface area contributed by atoms with Gasteiger partial charge in [-0.3, -0.25) is 10.1 Å². The fourth-order valence-electron chi connectivity index (χ4n) is 1.56. The Balaban J connectivity index is 2.33. The van der Waals surface area contributed by atoms with Crippen molar-refractivity contribution in [3.63, 3.8) is 0 Å². The Kier molecular flexibility index (Phi) is 3.96. The molecular formula is C12H8Cl2FN3O2. The van der Waals surface area contributed by atoms with Gasteiger partial charge >= 0.3 is 0 Å². The van der Waals surface area contributed by atoms with Gasteiger partial charge in [0.25, 0.3) is 5.69 Å². The molecular weight excluding hydrogens is 308 g/mol. The van der Waals surface area contributed by atoms with Crippen LogP contribution in [0.4, 0.5) is 27.1 Å². The number of anilines is 3. The van der Waals surface area contributed by atoms with E-state index in [1.807, 2.05) is 0 Å². The van der Waals surface area contributed by atoms with Crippen LogP contribution < -0.4 is 11.1 Å². The van der Waals surface area contributed by atoms with Crippen molar-refractivity contribution in [2.24, 2.45) is 0 Å². The van der Waals surface area contributed by atoms with E-state index in [0.29, 0.717) is 11.4 Å². The molecule has 0 amide bonds. The Hall–Kier alpha value is -2.05. The molecule has 0 spiro atoms. The fourth-order valence-corrected chi connectivity index (χ4v) is 2.05. The van der Waals surface area contributed by atoms with Gasteiger partial charge in [0.15, 0.2) is 5.82 Å². The minimum atomic E-state index is -0.712. The molecule has 8 heteroatoms. The molecule has 0 saturated carbocycles. The predicted molar refractivity (Wildman–Crippen MR) is 77.2 cm³/mol. The molecule has 2 aromatic carbocycles. The third-order valence-electron chi connectivity index (χ3n) is 2.51. The van der Waals surface area contributed by atoms with E-state index in [1.54, 1.807) is 0 Å². The maximum absolute atomic E-state index is 13.3. The number of hydrogen-bond donors (Lipinski definition) is 2. The minimum absolute atomic E-state index is 0.122. The SMILES string of the molecule is Nc1cc([N+](=O)[O-])ccc1Nc1cc(Cl)c(F)c(Cl)c1. The molecule has 5 nitrogen and oxygen atoms in total. The standard InChI is InChI=1S/C12H8Cl2FN3O2/c13-8-3-6(4-9(14)12(8)15)17-11-2-1-7(18(19)20)5-10(11)16/h1-5,17H,16H2. The van der Waals surface area contributed by atoms with Gasteiger partial charge < -0.3 is 11.1 Å². The zero-order valence-corrected chi connectivity index (χ0v) is 11.4. The van der Waals surface area contributed by atoms with Crippen LogP contribution in [-0.4, -0.2) is 4.92 Å². The van der Waals surface area contributed by atoms with E-state index in [2.05, 4.69) is 5.32 Å². The van der Waals surface area contributed by atoms with Crippen molar-refractivity contribution >= 4 is 46.0 Å². The van der Waals surface area contributed by atoms with Gasteiger partial charge in [-0.15, -0.1) is 0 Å². The number of nitrogens with two attached hydrogens (primary N) is 1. The van der Waals surface area contributed by atoms with Gasteiger partial charge in [-0.05, 0) is 18.2 Å². The third-order valence-corrected chi connectivity index (χ3v) is 3.06. The highest BCUT2D eigenvalue weighted by molar-refractivity contribution is 6.35. The number of halogens is 3. The topological polar surface area (TPSA) is 81.2 Å². The first-order valence-electron chi connectivity index (χ1n) is 5.34. The highest BCUT2D eigenvalue weighted by Crippen LogP contribution is 2.31. The van der Waals surface area contributed by atoms with Gasteiger partial charge in [0, 0.05) is 17.8 Å². The van der Waals surface area contributed by atoms with Crippen LogP contribution in [0, 0.1) is 15.9 Å². The summed E-state index contributed by atoms with van der Waals surface area (Å²) in [6.45, 7) is 0. The summed E-state index contributed by atoms with van der Waals surface area (Å²) >= 11 is 11.3. The van der Waals surface area contributed by atoms with E-state index in [9.17, 15) is 14.5 Å². The van der Waals surface area contributed by atoms with Gasteiger partial charge in [0.05, 0.1) is 26.3 Å². The fraction of sp³-hybridized carbons (Fsp3) is 0. The van der Waals surface area contributed by atoms with Crippen LogP contribution in [0.1, 0.15) is 0 Å². The van der Waals surface area contributed by atoms with E-state index in [4.69, 9.17) is 28.9 Å². The molecule has 0 radical (unpaired) electrons. The van der Waals surface area contributed by atoms with Crippen LogP contribution in [0.3, 0.4) is 0 Å². The lowest BCUT2D eigenvalue weighted by molar-refractivity contribution is -0.384. The molecule has 0 aromatic heterocycles. The van der Waals surface area contributed by atoms with E-state index < -0.39 is 10.7 Å². The lowest BCUT2D eigenvalue weighted by atomic mass is 10.2. The number of nitrogen functional groups attached to an aromatic ring is 1. The maximum Gasteiger partial charge on any atom is 0.271 e. The number of benzene rings is 2. The zero-order valence-electron chi connectivity index (χ0n) is 9.86. The monoisotopic (exact) mass is 315 g/mol. The molecule has 0 unspecified atom stereocenters. The Morgan fingerprint density at radius 2 is 1.80 bits per heavy atom. The Morgan fingerprint density at radius 3 is 2.30 bits per heavy atom. The molecule has 0 aliphatic heterocycles. The van der Waals surface area contributed by atoms with Crippen molar-refractivity contribution in [3.8, 4) is 0 Å². The van der Waals surface area contributed by atoms with Crippen LogP contribution in [0.5, 0.6) is 0 Å². The average molecular weight is 316 g/mol. The number of rotatable bonds is 3. The highest BCUT2D eigenvalue weighted by Gasteiger charge is 2.11. The molecule has 0 bridgehead atoms. The molecule has 0 fully saturated rings. The number of non-ortho nitro benzene ring substituents is 1. The van der Waals surface area contributed by atoms with Crippen molar-refractivity contribution in [1.29, 1.82) is 0 Å². The Morgan fingerprint density at radius 1 is 1.20 bits per heavy atom. The molecule has 2 aromatic rings. The first-order chi connectivity index (χ1) is 9.38. The van der Waals surface area contributed by atoms with Gasteiger partial charge in [0.2, 0.25) is 0 Å². The maximum atomic E-state index is 13.3. The van der Waals surface area contributed by atoms with Gasteiger partial charge in [-0.25, -0.2) is 4.39 Å². The second-order valence-electron chi connectivity index (χ2n) is 3.91. The van der Waals surface area contributed by atoms with Crippen LogP contribution in [-0.2, 0) is 0 Å². The average Bonchev–Trinajstić information content (AvgIpc) is 2.38. The first kappa shape index (κ1) is 14.4. The van der Waals surface area contributed by atoms with Crippen molar-refractivity contribution in [2.45, 2.75) is 0 Å². The zero-order chi connectivity index (χ0) is 14.9. The van der Waals surface area contributed by atoms with Crippen LogP contribution in [0.2, 0.25) is 10.0 Å². The van der Waals surface area contributed by atoms with E-state index in [1.165, 1.54) is 30.3 Å². The summed E-state index contributed by atoms with van der Waals surface area (Å²) in [4.78, 5) is 10.1. The van der Waals surface area contributed by atoms with Crippen LogP contribution in [0.25, 0.3) is 0 Å². The van der Waals surface area contributed by atoms with Crippen molar-refractivity contribution in [1.82, 2.24) is 0 Å². The molecule has 2 rings (SSSR count). The number of nitro groups is 1. The summed E-state index contributed by atoms with van der Waals surface area (Å²) in [5.41, 5.74) is 6.60. The summed E-state index contributed by atoms with van der Waals surface area (Å²) in [6.07, 6.45) is 0. The second-order valence-corrected chi connectivity index (χ2v) is 4.72. The largest absolute Gasteiger partial charge is 0.397 e. The number of nitro benzene ring substituents is 1. The van der Waals surface area contributed by atoms with Crippen molar-refractivity contribution < 1.29 is 9.31 Å². The van der Waals surface area contributed by atoms with Gasteiger partial charge in [0.1, 0.15) is 0 Å². The van der Waals surface area contributed by atoms with E-state index in [-0.39, 0.29) is 21.4 Å². The second kappa shape index (κ2) is 5.52. The molecule has 104 valence electrons. The summed E-state index contributed by atoms with van der Waals surface area (Å²) < 4.78 is 13.3. The summed E-state index contributed by atoms with van der Waals surface area (Å²) in [7, 11) is 0. The molecule has 3 N–H and O–H groups in total. The number of nitrogens with zero attached hydrogens (tertiary/aromatic N) is 1. The number of nitrogens with one attached hydrogen (secondary N) is 1. The smallest absolute Gasteiger partial charge is 0.271 e. The quantitative estimate of drug-likeness (QED) is 0.381. The van der Waals surface area contributed by atoms with E-state index >= 15 is 0 Å². The van der Waals surface area contributed by atoms with Crippen molar-refractivity contribution in [2.75, 3.05) is 11.1 Å². The summed E-state index contributed by atoms with van der Waals surface area (Å²) in [5, 5.41) is 13.2. The normalized spacial score (nSPS) is 10.3. The van der Waals surface area contributed by atoms with Gasteiger partial charge in [-0.2, -0.15) is 0 Å². The molecule has 0 atom stereocenters. The summed E-state index contributed by atoms with van der Waals surface area (Å²) in [6, 6.07) is 6.63. The number of hydrogen-bond acceptors (Lipinski definition) is 4. The molecule has 0 saturated heterocycles. The lowest BCUT2D eigenvalue weighted by Gasteiger charge is -2.10. The Bertz CT molecular complexity index is 671. The minimum Gasteiger partial charge on any atom is -0.397 e. The predicted octanol–water partition coefficient (Wildman–Crippen LogP) is 4.37. The van der Waals surface area contributed by atoms with E-state index in [0.717, 1.165) is 0 Å². The summed E-state index contributed by atoms with van der Waals surface area (Å²) in [5.74, 6) is -0.712. The lowest BCUT2D eigenvalue weighted by Crippen LogP contribution is -1.98. The van der Waals surface area contributed by atoms with Gasteiger partial charge in [-0.1, -0.05) is 23.2 Å². The third kappa shape index (κ3) is 2.92. The molecule has 0 heterocycles. The molecule has 0 aliphatic carbocycles. The first-order valence-corrected chi connectivity index (χ1v) is 6.09. The van der Waals surface area contributed by atoms with Crippen molar-refractivity contribution in [3.05, 3.63) is 56.3 Å².